The third-order valence-electron chi connectivity index (χ3n) is 5.97. The smallest absolute Gasteiger partial charge is 0.341 e. The molecule has 0 bridgehead atoms. The van der Waals surface area contributed by atoms with Crippen molar-refractivity contribution in [2.24, 2.45) is 0 Å². The van der Waals surface area contributed by atoms with E-state index in [1.807, 2.05) is 30.3 Å². The number of piperidine rings is 1. The molecule has 2 aromatic carbocycles. The van der Waals surface area contributed by atoms with Gasteiger partial charge in [0.1, 0.15) is 10.6 Å². The van der Waals surface area contributed by atoms with Crippen molar-refractivity contribution in [3.8, 4) is 11.1 Å². The number of nitrogens with zero attached hydrogens (tertiary/aromatic N) is 1. The van der Waals surface area contributed by atoms with E-state index in [4.69, 9.17) is 9.47 Å². The van der Waals surface area contributed by atoms with Crippen LogP contribution in [0.4, 0.5) is 5.00 Å². The quantitative estimate of drug-likeness (QED) is 0.384. The number of rotatable bonds is 9. The molecule has 0 radical (unpaired) electrons. The average Bonchev–Trinajstić information content (AvgIpc) is 3.36. The third kappa shape index (κ3) is 6.29. The number of amides is 1. The number of benzene rings is 2. The van der Waals surface area contributed by atoms with Crippen molar-refractivity contribution in [1.29, 1.82) is 0 Å². The van der Waals surface area contributed by atoms with Gasteiger partial charge in [-0.1, -0.05) is 42.8 Å². The fourth-order valence-electron chi connectivity index (χ4n) is 4.10. The van der Waals surface area contributed by atoms with Gasteiger partial charge in [0.2, 0.25) is 10.0 Å². The molecule has 0 unspecified atom stereocenters. The van der Waals surface area contributed by atoms with Gasteiger partial charge in [-0.3, -0.25) is 4.79 Å². The maximum Gasteiger partial charge on any atom is 0.341 e. The zero-order chi connectivity index (χ0) is 27.1. The van der Waals surface area contributed by atoms with E-state index in [1.54, 1.807) is 12.3 Å². The molecule has 0 saturated carbocycles. The highest BCUT2D eigenvalue weighted by molar-refractivity contribution is 7.89. The fourth-order valence-corrected chi connectivity index (χ4v) is 6.64. The van der Waals surface area contributed by atoms with E-state index in [2.05, 4.69) is 5.32 Å². The number of carbonyl (C=O) groups is 3. The maximum atomic E-state index is 12.9. The molecule has 1 aliphatic rings. The summed E-state index contributed by atoms with van der Waals surface area (Å²) in [5.74, 6) is -2.06. The fraction of sp³-hybridized carbons (Fsp3) is 0.296. The number of esters is 2. The molecule has 1 aromatic heterocycles. The molecule has 1 amide bonds. The van der Waals surface area contributed by atoms with Crippen molar-refractivity contribution in [2.75, 3.05) is 31.6 Å². The van der Waals surface area contributed by atoms with Crippen LogP contribution >= 0.6 is 11.3 Å². The largest absolute Gasteiger partial charge is 0.462 e. The van der Waals surface area contributed by atoms with E-state index >= 15 is 0 Å². The highest BCUT2D eigenvalue weighted by atomic mass is 32.2. The lowest BCUT2D eigenvalue weighted by Crippen LogP contribution is -2.35. The van der Waals surface area contributed by atoms with Crippen LogP contribution in [0.25, 0.3) is 11.1 Å². The Morgan fingerprint density at radius 3 is 2.39 bits per heavy atom. The van der Waals surface area contributed by atoms with Crippen LogP contribution in [0.3, 0.4) is 0 Å². The predicted molar refractivity (Wildman–Crippen MR) is 144 cm³/mol. The SMILES string of the molecule is CCOC(=O)c1c(-c2ccccc2)csc1NC(=O)COC(=O)c1cccc(S(=O)(=O)N2CCCCC2)c1. The zero-order valence-corrected chi connectivity index (χ0v) is 22.5. The Morgan fingerprint density at radius 1 is 0.947 bits per heavy atom. The van der Waals surface area contributed by atoms with Gasteiger partial charge in [0.05, 0.1) is 17.1 Å². The molecule has 1 saturated heterocycles. The monoisotopic (exact) mass is 556 g/mol. The minimum absolute atomic E-state index is 0.00408. The number of thiophene rings is 1. The first-order valence-electron chi connectivity index (χ1n) is 12.2. The molecule has 200 valence electrons. The molecule has 1 aliphatic heterocycles. The summed E-state index contributed by atoms with van der Waals surface area (Å²) in [5, 5.41) is 4.65. The van der Waals surface area contributed by atoms with Gasteiger partial charge in [-0.05, 0) is 43.5 Å². The molecule has 0 spiro atoms. The number of sulfonamides is 1. The molecule has 1 fully saturated rings. The summed E-state index contributed by atoms with van der Waals surface area (Å²) in [5.41, 5.74) is 1.65. The van der Waals surface area contributed by atoms with Gasteiger partial charge in [0, 0.05) is 24.0 Å². The lowest BCUT2D eigenvalue weighted by atomic mass is 10.0. The Hall–Kier alpha value is -3.54. The minimum Gasteiger partial charge on any atom is -0.462 e. The van der Waals surface area contributed by atoms with Gasteiger partial charge in [0.25, 0.3) is 5.91 Å². The summed E-state index contributed by atoms with van der Waals surface area (Å²) in [6, 6.07) is 14.8. The minimum atomic E-state index is -3.72. The van der Waals surface area contributed by atoms with Crippen molar-refractivity contribution in [3.63, 3.8) is 0 Å². The number of hydrogen-bond donors (Lipinski definition) is 1. The summed E-state index contributed by atoms with van der Waals surface area (Å²) in [7, 11) is -3.72. The number of ether oxygens (including phenoxy) is 2. The number of anilines is 1. The number of nitrogens with one attached hydrogen (secondary N) is 1. The van der Waals surface area contributed by atoms with E-state index in [1.165, 1.54) is 28.6 Å². The summed E-state index contributed by atoms with van der Waals surface area (Å²) >= 11 is 1.16. The molecule has 0 atom stereocenters. The number of carbonyl (C=O) groups excluding carboxylic acids is 3. The predicted octanol–water partition coefficient (Wildman–Crippen LogP) is 4.56. The molecular weight excluding hydrogens is 528 g/mol. The van der Waals surface area contributed by atoms with Gasteiger partial charge in [-0.2, -0.15) is 4.31 Å². The van der Waals surface area contributed by atoms with E-state index in [-0.39, 0.29) is 27.6 Å². The molecule has 9 nitrogen and oxygen atoms in total. The Bertz CT molecular complexity index is 1410. The van der Waals surface area contributed by atoms with E-state index in [9.17, 15) is 22.8 Å². The van der Waals surface area contributed by atoms with Crippen molar-refractivity contribution >= 4 is 44.2 Å². The summed E-state index contributed by atoms with van der Waals surface area (Å²) in [6.07, 6.45) is 2.58. The number of hydrogen-bond acceptors (Lipinski definition) is 8. The van der Waals surface area contributed by atoms with Crippen molar-refractivity contribution in [2.45, 2.75) is 31.1 Å². The first kappa shape index (κ1) is 27.5. The summed E-state index contributed by atoms with van der Waals surface area (Å²) < 4.78 is 37.6. The van der Waals surface area contributed by atoms with Crippen LogP contribution in [0.5, 0.6) is 0 Å². The molecule has 11 heteroatoms. The lowest BCUT2D eigenvalue weighted by Gasteiger charge is -2.25. The Balaban J connectivity index is 1.44. The van der Waals surface area contributed by atoms with Crippen LogP contribution in [0, 0.1) is 0 Å². The van der Waals surface area contributed by atoms with E-state index in [0.717, 1.165) is 36.2 Å². The molecule has 0 aliphatic carbocycles. The van der Waals surface area contributed by atoms with E-state index in [0.29, 0.717) is 18.7 Å². The lowest BCUT2D eigenvalue weighted by molar-refractivity contribution is -0.119. The van der Waals surface area contributed by atoms with E-state index < -0.39 is 34.5 Å². The normalized spacial score (nSPS) is 14.0. The van der Waals surface area contributed by atoms with Crippen molar-refractivity contribution in [1.82, 2.24) is 4.31 Å². The van der Waals surface area contributed by atoms with Gasteiger partial charge in [-0.25, -0.2) is 18.0 Å². The van der Waals surface area contributed by atoms with Crippen molar-refractivity contribution in [3.05, 3.63) is 71.1 Å². The second kappa shape index (κ2) is 12.3. The summed E-state index contributed by atoms with van der Waals surface area (Å²) in [6.45, 7) is 2.12. The highest BCUT2D eigenvalue weighted by Crippen LogP contribution is 2.36. The molecule has 3 aromatic rings. The third-order valence-corrected chi connectivity index (χ3v) is 8.76. The Morgan fingerprint density at radius 2 is 1.68 bits per heavy atom. The molecule has 2 heterocycles. The first-order valence-corrected chi connectivity index (χ1v) is 14.5. The Kier molecular flexibility index (Phi) is 8.93. The second-order valence-corrected chi connectivity index (χ2v) is 11.4. The first-order chi connectivity index (χ1) is 18.3. The average molecular weight is 557 g/mol. The highest BCUT2D eigenvalue weighted by Gasteiger charge is 2.27. The van der Waals surface area contributed by atoms with Crippen LogP contribution in [0.1, 0.15) is 46.9 Å². The zero-order valence-electron chi connectivity index (χ0n) is 20.8. The van der Waals surface area contributed by atoms with Crippen LogP contribution in [-0.4, -0.2) is 56.9 Å². The molecule has 4 rings (SSSR count). The van der Waals surface area contributed by atoms with Crippen LogP contribution < -0.4 is 5.32 Å². The standard InChI is InChI=1S/C27H28N2O7S2/c1-2-35-27(32)24-22(19-10-5-3-6-11-19)18-37-25(24)28-23(30)17-36-26(31)20-12-9-13-21(16-20)38(33,34)29-14-7-4-8-15-29/h3,5-6,9-13,16,18H,2,4,7-8,14-15,17H2,1H3,(H,28,30). The molecular formula is C27H28N2O7S2. The van der Waals surface area contributed by atoms with Gasteiger partial charge in [-0.15, -0.1) is 11.3 Å². The maximum absolute atomic E-state index is 12.9. The van der Waals surface area contributed by atoms with Crippen molar-refractivity contribution < 1.29 is 32.3 Å². The van der Waals surface area contributed by atoms with Crippen LogP contribution in [0.15, 0.2) is 64.9 Å². The second-order valence-electron chi connectivity index (χ2n) is 8.56. The van der Waals surface area contributed by atoms with Gasteiger partial charge < -0.3 is 14.8 Å². The van der Waals surface area contributed by atoms with Crippen LogP contribution in [0.2, 0.25) is 0 Å². The van der Waals surface area contributed by atoms with Gasteiger partial charge in [0.15, 0.2) is 6.61 Å². The molecule has 38 heavy (non-hydrogen) atoms. The topological polar surface area (TPSA) is 119 Å². The van der Waals surface area contributed by atoms with Gasteiger partial charge >= 0.3 is 11.9 Å². The van der Waals surface area contributed by atoms with Crippen LogP contribution in [-0.2, 0) is 24.3 Å². The Labute approximate surface area is 225 Å². The summed E-state index contributed by atoms with van der Waals surface area (Å²) in [4.78, 5) is 37.9. The molecule has 1 N–H and O–H groups in total.